The SMILES string of the molecule is CC(C)CC[C@@H](O)[C@@H](C)[C@H]1CC[C@H]2[C@@H]3CC=C4C5(CC5)C(=O)CC[C@]4(C)[C@H]3CC[C@]12C. The van der Waals surface area contributed by atoms with Crippen molar-refractivity contribution in [1.29, 1.82) is 0 Å². The Hall–Kier alpha value is -0.630. The smallest absolute Gasteiger partial charge is 0.143 e. The van der Waals surface area contributed by atoms with Crippen molar-refractivity contribution < 1.29 is 9.90 Å². The van der Waals surface area contributed by atoms with Crippen molar-refractivity contribution in [3.63, 3.8) is 0 Å². The molecule has 31 heavy (non-hydrogen) atoms. The molecule has 5 aliphatic rings. The Morgan fingerprint density at radius 2 is 1.74 bits per heavy atom. The third-order valence-electron chi connectivity index (χ3n) is 11.5. The van der Waals surface area contributed by atoms with Gasteiger partial charge < -0.3 is 5.11 Å². The molecule has 5 aliphatic carbocycles. The monoisotopic (exact) mass is 426 g/mol. The molecule has 4 saturated carbocycles. The molecule has 0 aromatic rings. The van der Waals surface area contributed by atoms with Crippen LogP contribution in [0.15, 0.2) is 11.6 Å². The van der Waals surface area contributed by atoms with Crippen molar-refractivity contribution in [2.45, 2.75) is 111 Å². The van der Waals surface area contributed by atoms with E-state index in [1.807, 2.05) is 0 Å². The predicted octanol–water partition coefficient (Wildman–Crippen LogP) is 6.96. The number of carbonyl (C=O) groups is 1. The quantitative estimate of drug-likeness (QED) is 0.483. The van der Waals surface area contributed by atoms with Gasteiger partial charge in [0, 0.05) is 6.42 Å². The summed E-state index contributed by atoms with van der Waals surface area (Å²) < 4.78 is 0. The van der Waals surface area contributed by atoms with Crippen molar-refractivity contribution in [2.75, 3.05) is 0 Å². The van der Waals surface area contributed by atoms with Gasteiger partial charge in [0.2, 0.25) is 0 Å². The van der Waals surface area contributed by atoms with Gasteiger partial charge in [-0.1, -0.05) is 46.3 Å². The lowest BCUT2D eigenvalue weighted by molar-refractivity contribution is -0.128. The number of fused-ring (bicyclic) bond motifs is 6. The molecule has 8 atom stereocenters. The summed E-state index contributed by atoms with van der Waals surface area (Å²) in [5.74, 6) is 4.68. The van der Waals surface area contributed by atoms with E-state index in [9.17, 15) is 9.90 Å². The molecular formula is C29H46O2. The minimum absolute atomic E-state index is 0.0219. The summed E-state index contributed by atoms with van der Waals surface area (Å²) in [7, 11) is 0. The van der Waals surface area contributed by atoms with Crippen molar-refractivity contribution in [3.8, 4) is 0 Å². The van der Waals surface area contributed by atoms with E-state index in [0.717, 1.165) is 56.3 Å². The minimum Gasteiger partial charge on any atom is -0.393 e. The van der Waals surface area contributed by atoms with Crippen molar-refractivity contribution in [2.24, 2.45) is 51.8 Å². The largest absolute Gasteiger partial charge is 0.393 e. The molecule has 0 saturated heterocycles. The molecule has 0 aliphatic heterocycles. The van der Waals surface area contributed by atoms with Gasteiger partial charge in [-0.15, -0.1) is 0 Å². The zero-order valence-electron chi connectivity index (χ0n) is 20.8. The molecule has 4 fully saturated rings. The molecule has 0 unspecified atom stereocenters. The van der Waals surface area contributed by atoms with E-state index < -0.39 is 0 Å². The number of ketones is 1. The summed E-state index contributed by atoms with van der Waals surface area (Å²) >= 11 is 0. The van der Waals surface area contributed by atoms with Gasteiger partial charge in [0.25, 0.3) is 0 Å². The standard InChI is InChI=1S/C29H46O2/c1-18(2)6-10-24(30)19(3)21-8-9-22-20-7-11-25-28(5,23(20)12-14-27(21,22)4)15-13-26(31)29(25)16-17-29/h11,18-24,30H,6-10,12-17H2,1-5H3/t19-,20-,21+,22-,23-,24+,27+,28+/m0/s1. The third-order valence-corrected chi connectivity index (χ3v) is 11.5. The van der Waals surface area contributed by atoms with E-state index in [-0.39, 0.29) is 16.9 Å². The first-order valence-electron chi connectivity index (χ1n) is 13.6. The van der Waals surface area contributed by atoms with Gasteiger partial charge in [-0.05, 0) is 111 Å². The summed E-state index contributed by atoms with van der Waals surface area (Å²) in [5, 5.41) is 11.0. The van der Waals surface area contributed by atoms with Gasteiger partial charge in [0.05, 0.1) is 11.5 Å². The van der Waals surface area contributed by atoms with Crippen LogP contribution in [-0.4, -0.2) is 17.0 Å². The molecule has 0 radical (unpaired) electrons. The highest BCUT2D eigenvalue weighted by Gasteiger charge is 2.65. The van der Waals surface area contributed by atoms with Crippen LogP contribution < -0.4 is 0 Å². The minimum atomic E-state index is -0.143. The molecular weight excluding hydrogens is 380 g/mol. The molecule has 1 spiro atoms. The number of Topliss-reactive ketones (excluding diaryl/α,β-unsaturated/α-hetero) is 1. The van der Waals surface area contributed by atoms with Crippen molar-refractivity contribution >= 4 is 5.78 Å². The number of rotatable bonds is 5. The predicted molar refractivity (Wildman–Crippen MR) is 126 cm³/mol. The van der Waals surface area contributed by atoms with E-state index in [4.69, 9.17) is 0 Å². The summed E-state index contributed by atoms with van der Waals surface area (Å²) in [6, 6.07) is 0. The molecule has 1 N–H and O–H groups in total. The Kier molecular flexibility index (Phi) is 5.32. The Bertz CT molecular complexity index is 761. The molecule has 0 heterocycles. The van der Waals surface area contributed by atoms with Gasteiger partial charge in [-0.25, -0.2) is 0 Å². The first-order valence-corrected chi connectivity index (χ1v) is 13.6. The van der Waals surface area contributed by atoms with Crippen LogP contribution >= 0.6 is 0 Å². The van der Waals surface area contributed by atoms with Crippen LogP contribution in [0.2, 0.25) is 0 Å². The maximum atomic E-state index is 12.8. The molecule has 2 heteroatoms. The second kappa shape index (κ2) is 7.44. The van der Waals surface area contributed by atoms with Gasteiger partial charge in [0.1, 0.15) is 5.78 Å². The molecule has 5 rings (SSSR count). The third kappa shape index (κ3) is 3.17. The first-order chi connectivity index (χ1) is 14.6. The maximum absolute atomic E-state index is 12.8. The molecule has 0 aromatic carbocycles. The van der Waals surface area contributed by atoms with E-state index in [1.165, 1.54) is 32.1 Å². The highest BCUT2D eigenvalue weighted by molar-refractivity contribution is 5.92. The van der Waals surface area contributed by atoms with Crippen LogP contribution in [0.1, 0.15) is 105 Å². The Morgan fingerprint density at radius 1 is 1.00 bits per heavy atom. The molecule has 0 aromatic heterocycles. The van der Waals surface area contributed by atoms with Gasteiger partial charge in [0.15, 0.2) is 0 Å². The number of hydrogen-bond acceptors (Lipinski definition) is 2. The molecule has 174 valence electrons. The van der Waals surface area contributed by atoms with Gasteiger partial charge in [-0.2, -0.15) is 0 Å². The number of aliphatic hydroxyl groups is 1. The molecule has 0 amide bonds. The number of aliphatic hydroxyl groups excluding tert-OH is 1. The zero-order valence-corrected chi connectivity index (χ0v) is 20.8. The maximum Gasteiger partial charge on any atom is 0.143 e. The second-order valence-electron chi connectivity index (χ2n) is 13.3. The van der Waals surface area contributed by atoms with Gasteiger partial charge >= 0.3 is 0 Å². The van der Waals surface area contributed by atoms with Crippen LogP contribution in [0, 0.1) is 51.8 Å². The van der Waals surface area contributed by atoms with E-state index >= 15 is 0 Å². The van der Waals surface area contributed by atoms with Crippen LogP contribution in [0.4, 0.5) is 0 Å². The molecule has 2 nitrogen and oxygen atoms in total. The van der Waals surface area contributed by atoms with E-state index in [2.05, 4.69) is 40.7 Å². The van der Waals surface area contributed by atoms with Gasteiger partial charge in [-0.3, -0.25) is 4.79 Å². The fourth-order valence-corrected chi connectivity index (χ4v) is 9.53. The number of carbonyl (C=O) groups excluding carboxylic acids is 1. The lowest BCUT2D eigenvalue weighted by Crippen LogP contribution is -2.52. The van der Waals surface area contributed by atoms with E-state index in [1.54, 1.807) is 5.57 Å². The van der Waals surface area contributed by atoms with Crippen LogP contribution in [-0.2, 0) is 4.79 Å². The Balaban J connectivity index is 1.37. The summed E-state index contributed by atoms with van der Waals surface area (Å²) in [6.45, 7) is 12.0. The van der Waals surface area contributed by atoms with E-state index in [0.29, 0.717) is 29.0 Å². The lowest BCUT2D eigenvalue weighted by atomic mass is 9.45. The highest BCUT2D eigenvalue weighted by Crippen LogP contribution is 2.72. The van der Waals surface area contributed by atoms with Crippen molar-refractivity contribution in [1.82, 2.24) is 0 Å². The summed E-state index contributed by atoms with van der Waals surface area (Å²) in [4.78, 5) is 12.8. The second-order valence-corrected chi connectivity index (χ2v) is 13.3. The Labute approximate surface area is 190 Å². The first kappa shape index (κ1) is 22.2. The number of allylic oxidation sites excluding steroid dienone is 2. The lowest BCUT2D eigenvalue weighted by Gasteiger charge is -2.59. The fraction of sp³-hybridized carbons (Fsp3) is 0.897. The summed E-state index contributed by atoms with van der Waals surface area (Å²) in [6.07, 6.45) is 15.2. The number of hydrogen-bond donors (Lipinski definition) is 1. The fourth-order valence-electron chi connectivity index (χ4n) is 9.53. The highest BCUT2D eigenvalue weighted by atomic mass is 16.3. The zero-order chi connectivity index (χ0) is 22.2. The Morgan fingerprint density at radius 3 is 2.42 bits per heavy atom. The summed E-state index contributed by atoms with van der Waals surface area (Å²) in [5.41, 5.74) is 2.22. The normalized spacial score (nSPS) is 45.0. The van der Waals surface area contributed by atoms with Crippen LogP contribution in [0.3, 0.4) is 0 Å². The topological polar surface area (TPSA) is 37.3 Å². The average Bonchev–Trinajstić information content (AvgIpc) is 3.44. The van der Waals surface area contributed by atoms with Crippen LogP contribution in [0.25, 0.3) is 0 Å². The molecule has 0 bridgehead atoms. The average molecular weight is 427 g/mol. The van der Waals surface area contributed by atoms with Crippen molar-refractivity contribution in [3.05, 3.63) is 11.6 Å². The van der Waals surface area contributed by atoms with Crippen LogP contribution in [0.5, 0.6) is 0 Å².